The molecule has 2 fully saturated rings. The van der Waals surface area contributed by atoms with Crippen molar-refractivity contribution in [3.63, 3.8) is 0 Å². The van der Waals surface area contributed by atoms with Gasteiger partial charge in [-0.1, -0.05) is 12.1 Å². The monoisotopic (exact) mass is 546 g/mol. The molecule has 2 heterocycles. The number of fused-ring (bicyclic) bond motifs is 1. The Hall–Kier alpha value is -3.15. The van der Waals surface area contributed by atoms with E-state index in [-0.39, 0.29) is 36.4 Å². The number of alkyl halides is 6. The molecular formula is C26H25F7N2O3. The lowest BCUT2D eigenvalue weighted by molar-refractivity contribution is -0.143. The van der Waals surface area contributed by atoms with Gasteiger partial charge < -0.3 is 15.0 Å². The van der Waals surface area contributed by atoms with Gasteiger partial charge >= 0.3 is 12.4 Å². The van der Waals surface area contributed by atoms with Crippen molar-refractivity contribution in [2.45, 2.75) is 69.3 Å². The van der Waals surface area contributed by atoms with Crippen LogP contribution in [0, 0.1) is 5.82 Å². The molecule has 5 nitrogen and oxygen atoms in total. The third-order valence-electron chi connectivity index (χ3n) is 6.98. The molecule has 2 saturated heterocycles. The van der Waals surface area contributed by atoms with Crippen LogP contribution in [0.15, 0.2) is 42.5 Å². The molecule has 2 amide bonds. The average molecular weight is 546 g/mol. The molecular weight excluding hydrogens is 521 g/mol. The van der Waals surface area contributed by atoms with Gasteiger partial charge in [-0.15, -0.1) is 0 Å². The van der Waals surface area contributed by atoms with Crippen LogP contribution >= 0.6 is 0 Å². The zero-order chi connectivity index (χ0) is 28.0. The number of rotatable bonds is 5. The third-order valence-corrected chi connectivity index (χ3v) is 6.98. The Morgan fingerprint density at radius 1 is 1.03 bits per heavy atom. The minimum absolute atomic E-state index is 0.0355. The zero-order valence-corrected chi connectivity index (χ0v) is 20.4. The lowest BCUT2D eigenvalue weighted by atomic mass is 9.84. The molecule has 0 radical (unpaired) electrons. The van der Waals surface area contributed by atoms with Crippen molar-refractivity contribution < 1.29 is 45.1 Å². The number of amides is 2. The molecule has 5 atom stereocenters. The number of carbonyl (C=O) groups is 2. The van der Waals surface area contributed by atoms with E-state index in [1.165, 1.54) is 38.1 Å². The van der Waals surface area contributed by atoms with Crippen LogP contribution in [0.1, 0.15) is 61.0 Å². The molecule has 38 heavy (non-hydrogen) atoms. The highest BCUT2D eigenvalue weighted by Gasteiger charge is 2.49. The van der Waals surface area contributed by atoms with Gasteiger partial charge in [-0.3, -0.25) is 9.59 Å². The highest BCUT2D eigenvalue weighted by molar-refractivity contribution is 5.80. The van der Waals surface area contributed by atoms with E-state index in [2.05, 4.69) is 5.32 Å². The predicted molar refractivity (Wildman–Crippen MR) is 121 cm³/mol. The maximum Gasteiger partial charge on any atom is 0.416 e. The molecule has 4 rings (SSSR count). The molecule has 2 aromatic carbocycles. The second-order valence-corrected chi connectivity index (χ2v) is 9.68. The molecule has 206 valence electrons. The van der Waals surface area contributed by atoms with Gasteiger partial charge in [-0.2, -0.15) is 26.3 Å². The molecule has 0 bridgehead atoms. The van der Waals surface area contributed by atoms with Gasteiger partial charge in [0.25, 0.3) is 0 Å². The molecule has 2 aliphatic heterocycles. The summed E-state index contributed by atoms with van der Waals surface area (Å²) in [5.41, 5.74) is -2.64. The summed E-state index contributed by atoms with van der Waals surface area (Å²) in [5, 5.41) is 2.73. The van der Waals surface area contributed by atoms with Gasteiger partial charge in [-0.05, 0) is 54.8 Å². The Balaban J connectivity index is 1.68. The number of halogens is 7. The largest absolute Gasteiger partial charge is 0.416 e. The van der Waals surface area contributed by atoms with Crippen LogP contribution in [-0.4, -0.2) is 41.4 Å². The standard InChI is InChI=1S/C26H25F7N2O3/c1-13(16-7-17(25(28,29)30)9-18(8-16)26(31,32)33)38-22-12-35-21(10-20(11-23(35)37)34-14(2)36)24(22)15-3-5-19(27)6-4-15/h3-9,13,20-22,24H,10-12H2,1-2H3,(H,34,36)/t13-,20?,21+,22+,24+/m1/s1. The van der Waals surface area contributed by atoms with E-state index < -0.39 is 59.5 Å². The second kappa shape index (κ2) is 10.2. The first-order valence-electron chi connectivity index (χ1n) is 11.9. The average Bonchev–Trinajstić information content (AvgIpc) is 3.16. The first kappa shape index (κ1) is 27.9. The number of nitrogens with zero attached hydrogens (tertiary/aromatic N) is 1. The molecule has 0 aliphatic carbocycles. The fraction of sp³-hybridized carbons (Fsp3) is 0.462. The van der Waals surface area contributed by atoms with Crippen molar-refractivity contribution >= 4 is 11.8 Å². The summed E-state index contributed by atoms with van der Waals surface area (Å²) in [5.74, 6) is -1.66. The molecule has 0 saturated carbocycles. The summed E-state index contributed by atoms with van der Waals surface area (Å²) in [6.07, 6.45) is -11.6. The summed E-state index contributed by atoms with van der Waals surface area (Å²) < 4.78 is 100.0. The molecule has 2 aliphatic rings. The van der Waals surface area contributed by atoms with Gasteiger partial charge in [0.1, 0.15) is 5.82 Å². The Morgan fingerprint density at radius 3 is 2.13 bits per heavy atom. The number of hydrogen-bond acceptors (Lipinski definition) is 3. The van der Waals surface area contributed by atoms with Crippen molar-refractivity contribution in [2.75, 3.05) is 6.54 Å². The minimum Gasteiger partial charge on any atom is -0.368 e. The summed E-state index contributed by atoms with van der Waals surface area (Å²) >= 11 is 0. The topological polar surface area (TPSA) is 58.6 Å². The van der Waals surface area contributed by atoms with Crippen molar-refractivity contribution in [3.8, 4) is 0 Å². The molecule has 1 N–H and O–H groups in total. The smallest absolute Gasteiger partial charge is 0.368 e. The molecule has 1 unspecified atom stereocenters. The summed E-state index contributed by atoms with van der Waals surface area (Å²) in [6.45, 7) is 2.70. The fourth-order valence-electron chi connectivity index (χ4n) is 5.35. The fourth-order valence-corrected chi connectivity index (χ4v) is 5.35. The van der Waals surface area contributed by atoms with Gasteiger partial charge in [0.15, 0.2) is 0 Å². The summed E-state index contributed by atoms with van der Waals surface area (Å²) in [4.78, 5) is 26.1. The van der Waals surface area contributed by atoms with E-state index in [0.29, 0.717) is 24.1 Å². The Labute approximate surface area is 213 Å². The van der Waals surface area contributed by atoms with E-state index in [1.54, 1.807) is 4.90 Å². The highest BCUT2D eigenvalue weighted by Crippen LogP contribution is 2.43. The van der Waals surface area contributed by atoms with Crippen LogP contribution in [0.25, 0.3) is 0 Å². The first-order valence-corrected chi connectivity index (χ1v) is 11.9. The molecule has 0 spiro atoms. The number of benzene rings is 2. The Bertz CT molecular complexity index is 1160. The quantitative estimate of drug-likeness (QED) is 0.497. The predicted octanol–water partition coefficient (Wildman–Crippen LogP) is 5.60. The molecule has 12 heteroatoms. The van der Waals surface area contributed by atoms with Crippen LogP contribution in [0.5, 0.6) is 0 Å². The molecule has 0 aromatic heterocycles. The number of hydrogen-bond donors (Lipinski definition) is 1. The van der Waals surface area contributed by atoms with E-state index in [1.807, 2.05) is 0 Å². The maximum atomic E-state index is 13.6. The Morgan fingerprint density at radius 2 is 1.61 bits per heavy atom. The lowest BCUT2D eigenvalue weighted by Gasteiger charge is -2.37. The van der Waals surface area contributed by atoms with Crippen molar-refractivity contribution in [1.82, 2.24) is 10.2 Å². The van der Waals surface area contributed by atoms with E-state index in [0.717, 1.165) is 0 Å². The number of piperidine rings is 1. The Kier molecular flexibility index (Phi) is 7.48. The van der Waals surface area contributed by atoms with Crippen molar-refractivity contribution in [2.24, 2.45) is 0 Å². The van der Waals surface area contributed by atoms with Crippen molar-refractivity contribution in [1.29, 1.82) is 0 Å². The van der Waals surface area contributed by atoms with Crippen LogP contribution in [0.2, 0.25) is 0 Å². The lowest BCUT2D eigenvalue weighted by Crippen LogP contribution is -2.51. The third kappa shape index (κ3) is 5.95. The van der Waals surface area contributed by atoms with E-state index in [9.17, 15) is 40.3 Å². The van der Waals surface area contributed by atoms with Crippen molar-refractivity contribution in [3.05, 3.63) is 70.5 Å². The highest BCUT2D eigenvalue weighted by atomic mass is 19.4. The van der Waals surface area contributed by atoms with Gasteiger partial charge in [0.05, 0.1) is 23.3 Å². The SMILES string of the molecule is CC(=O)NC1CC(=O)N2C[C@H](O[C@H](C)c3cc(C(F)(F)F)cc(C(F)(F)F)c3)[C@@H](c3ccc(F)cc3)[C@@H]2C1. The number of ether oxygens (including phenoxy) is 1. The second-order valence-electron chi connectivity index (χ2n) is 9.68. The van der Waals surface area contributed by atoms with Crippen LogP contribution < -0.4 is 5.32 Å². The summed E-state index contributed by atoms with van der Waals surface area (Å²) in [7, 11) is 0. The van der Waals surface area contributed by atoms with E-state index in [4.69, 9.17) is 4.74 Å². The van der Waals surface area contributed by atoms with Crippen LogP contribution in [-0.2, 0) is 26.7 Å². The minimum atomic E-state index is -5.01. The number of nitrogens with one attached hydrogen (secondary N) is 1. The first-order chi connectivity index (χ1) is 17.6. The van der Waals surface area contributed by atoms with Gasteiger partial charge in [0.2, 0.25) is 11.8 Å². The summed E-state index contributed by atoms with van der Waals surface area (Å²) in [6, 6.07) is 5.79. The molecule has 2 aromatic rings. The van der Waals surface area contributed by atoms with Gasteiger partial charge in [0, 0.05) is 37.9 Å². The van der Waals surface area contributed by atoms with Crippen LogP contribution in [0.3, 0.4) is 0 Å². The number of carbonyl (C=O) groups excluding carboxylic acids is 2. The maximum absolute atomic E-state index is 13.6. The normalized spacial score (nSPS) is 24.8. The zero-order valence-electron chi connectivity index (χ0n) is 20.4. The van der Waals surface area contributed by atoms with Crippen LogP contribution in [0.4, 0.5) is 30.7 Å². The van der Waals surface area contributed by atoms with E-state index >= 15 is 0 Å². The van der Waals surface area contributed by atoms with Gasteiger partial charge in [-0.25, -0.2) is 4.39 Å².